The van der Waals surface area contributed by atoms with E-state index >= 15 is 0 Å². The number of ether oxygens (including phenoxy) is 1. The number of nitrogens with zero attached hydrogens (tertiary/aromatic N) is 1. The first kappa shape index (κ1) is 35.5. The zero-order valence-electron chi connectivity index (χ0n) is 26.6. The fourth-order valence-corrected chi connectivity index (χ4v) is 5.60. The van der Waals surface area contributed by atoms with Gasteiger partial charge < -0.3 is 15.4 Å². The molecule has 2 aromatic rings. The zero-order chi connectivity index (χ0) is 30.3. The normalized spacial score (nSPS) is 12.5. The second kappa shape index (κ2) is 22.9. The number of carbonyl (C=O) groups excluding carboxylic acids is 2. The lowest BCUT2D eigenvalue weighted by molar-refractivity contribution is -0.145. The molecular weight excluding hydrogens is 520 g/mol. The van der Waals surface area contributed by atoms with Crippen molar-refractivity contribution >= 4 is 11.9 Å². The Morgan fingerprint density at radius 1 is 0.714 bits per heavy atom. The topological polar surface area (TPSA) is 72.6 Å². The fourth-order valence-electron chi connectivity index (χ4n) is 5.60. The molecule has 0 unspecified atom stereocenters. The highest BCUT2D eigenvalue weighted by Crippen LogP contribution is 2.19. The van der Waals surface area contributed by atoms with Crippen molar-refractivity contribution in [3.05, 3.63) is 71.8 Å². The maximum atomic E-state index is 13.6. The van der Waals surface area contributed by atoms with E-state index in [1.807, 2.05) is 53.4 Å². The van der Waals surface area contributed by atoms with Gasteiger partial charge in [0.2, 0.25) is 5.91 Å². The highest BCUT2D eigenvalue weighted by molar-refractivity contribution is 5.82. The predicted molar refractivity (Wildman–Crippen MR) is 175 cm³/mol. The van der Waals surface area contributed by atoms with Crippen molar-refractivity contribution in [2.75, 3.05) is 6.54 Å². The minimum atomic E-state index is -0.603. The number of rotatable bonds is 24. The van der Waals surface area contributed by atoms with Gasteiger partial charge in [-0.1, -0.05) is 145 Å². The van der Waals surface area contributed by atoms with Gasteiger partial charge in [-0.2, -0.15) is 0 Å². The molecule has 0 aliphatic carbocycles. The van der Waals surface area contributed by atoms with Gasteiger partial charge in [0.25, 0.3) is 0 Å². The van der Waals surface area contributed by atoms with Crippen molar-refractivity contribution in [1.29, 1.82) is 0 Å². The number of nitrogens with two attached hydrogens (primary N) is 1. The molecule has 2 aromatic carbocycles. The second-order valence-electron chi connectivity index (χ2n) is 11.8. The molecule has 0 bridgehead atoms. The summed E-state index contributed by atoms with van der Waals surface area (Å²) >= 11 is 0. The minimum Gasteiger partial charge on any atom is -0.461 e. The molecule has 234 valence electrons. The quantitative estimate of drug-likeness (QED) is 0.0998. The monoisotopic (exact) mass is 578 g/mol. The first-order chi connectivity index (χ1) is 20.5. The van der Waals surface area contributed by atoms with Gasteiger partial charge >= 0.3 is 5.97 Å². The molecule has 42 heavy (non-hydrogen) atoms. The Labute approximate surface area is 256 Å². The molecule has 0 aromatic heterocycles. The van der Waals surface area contributed by atoms with Crippen LogP contribution in [0.25, 0.3) is 0 Å². The van der Waals surface area contributed by atoms with Gasteiger partial charge in [0.1, 0.15) is 6.61 Å². The van der Waals surface area contributed by atoms with Crippen LogP contribution in [0.15, 0.2) is 60.7 Å². The van der Waals surface area contributed by atoms with Crippen LogP contribution < -0.4 is 5.73 Å². The van der Waals surface area contributed by atoms with Crippen molar-refractivity contribution in [2.24, 2.45) is 5.73 Å². The average molecular weight is 579 g/mol. The summed E-state index contributed by atoms with van der Waals surface area (Å²) < 4.78 is 5.39. The lowest BCUT2D eigenvalue weighted by atomic mass is 9.99. The minimum absolute atomic E-state index is 0.0125. The maximum absolute atomic E-state index is 13.6. The highest BCUT2D eigenvalue weighted by Gasteiger charge is 2.26. The van der Waals surface area contributed by atoms with E-state index in [4.69, 9.17) is 10.5 Å². The van der Waals surface area contributed by atoms with Crippen LogP contribution >= 0.6 is 0 Å². The van der Waals surface area contributed by atoms with Gasteiger partial charge in [-0.25, -0.2) is 0 Å². The zero-order valence-corrected chi connectivity index (χ0v) is 26.6. The summed E-state index contributed by atoms with van der Waals surface area (Å²) in [5.41, 5.74) is 8.65. The number of amides is 1. The van der Waals surface area contributed by atoms with Gasteiger partial charge in [0, 0.05) is 19.0 Å². The van der Waals surface area contributed by atoms with Crippen LogP contribution in [0.4, 0.5) is 0 Å². The molecule has 2 rings (SSSR count). The van der Waals surface area contributed by atoms with Gasteiger partial charge in [0.15, 0.2) is 0 Å². The molecule has 2 N–H and O–H groups in total. The third kappa shape index (κ3) is 15.5. The van der Waals surface area contributed by atoms with Crippen LogP contribution in [0, 0.1) is 0 Å². The molecule has 0 aliphatic rings. The van der Waals surface area contributed by atoms with Crippen molar-refractivity contribution in [2.45, 2.75) is 142 Å². The van der Waals surface area contributed by atoms with Crippen molar-refractivity contribution in [1.82, 2.24) is 4.90 Å². The molecule has 0 fully saturated rings. The Balaban J connectivity index is 1.79. The largest absolute Gasteiger partial charge is 0.461 e. The molecule has 0 spiro atoms. The van der Waals surface area contributed by atoms with Gasteiger partial charge in [-0.05, 0) is 43.2 Å². The van der Waals surface area contributed by atoms with Crippen LogP contribution in [0.2, 0.25) is 0 Å². The summed E-state index contributed by atoms with van der Waals surface area (Å²) in [6.45, 7) is 5.40. The number of unbranched alkanes of at least 4 members (excludes halogenated alkanes) is 10. The molecular formula is C37H58N2O3. The summed E-state index contributed by atoms with van der Waals surface area (Å²) in [6, 6.07) is 19.6. The summed E-state index contributed by atoms with van der Waals surface area (Å²) in [4.78, 5) is 27.9. The lowest BCUT2D eigenvalue weighted by Gasteiger charge is -2.33. The number of hydrogen-bond acceptors (Lipinski definition) is 4. The van der Waals surface area contributed by atoms with Gasteiger partial charge in [-0.15, -0.1) is 0 Å². The summed E-state index contributed by atoms with van der Waals surface area (Å²) in [7, 11) is 0. The van der Waals surface area contributed by atoms with Crippen LogP contribution in [0.3, 0.4) is 0 Å². The van der Waals surface area contributed by atoms with E-state index in [1.165, 1.54) is 69.8 Å². The molecule has 1 amide bonds. The van der Waals surface area contributed by atoms with Crippen LogP contribution in [-0.4, -0.2) is 35.4 Å². The first-order valence-corrected chi connectivity index (χ1v) is 16.8. The standard InChI is InChI=1S/C37H58N2O3/c1-3-5-6-7-8-9-10-11-12-13-20-26-34(4-2)39(30-29-32-22-16-14-17-23-32)37(41)35(38)27-21-28-36(40)42-31-33-24-18-15-19-25-33/h14-19,22-25,34-35H,3-13,20-21,26-31,38H2,1-2H3/t34-,35-/m0/s1. The van der Waals surface area contributed by atoms with Gasteiger partial charge in [0.05, 0.1) is 6.04 Å². The summed E-state index contributed by atoms with van der Waals surface area (Å²) in [6.07, 6.45) is 18.6. The van der Waals surface area contributed by atoms with E-state index in [-0.39, 0.29) is 30.9 Å². The summed E-state index contributed by atoms with van der Waals surface area (Å²) in [5.74, 6) is -0.235. The molecule has 5 heteroatoms. The van der Waals surface area contributed by atoms with Crippen LogP contribution in [-0.2, 0) is 27.4 Å². The Hall–Kier alpha value is -2.66. The van der Waals surface area contributed by atoms with E-state index < -0.39 is 6.04 Å². The number of esters is 1. The van der Waals surface area contributed by atoms with E-state index in [9.17, 15) is 9.59 Å². The second-order valence-corrected chi connectivity index (χ2v) is 11.8. The van der Waals surface area contributed by atoms with E-state index in [2.05, 4.69) is 26.0 Å². The van der Waals surface area contributed by atoms with Crippen molar-refractivity contribution < 1.29 is 14.3 Å². The Kier molecular flexibility index (Phi) is 19.4. The third-order valence-corrected chi connectivity index (χ3v) is 8.28. The van der Waals surface area contributed by atoms with Crippen LogP contribution in [0.1, 0.15) is 128 Å². The van der Waals surface area contributed by atoms with Crippen molar-refractivity contribution in [3.8, 4) is 0 Å². The molecule has 0 saturated heterocycles. The molecule has 0 aliphatic heterocycles. The Morgan fingerprint density at radius 3 is 1.83 bits per heavy atom. The average Bonchev–Trinajstić information content (AvgIpc) is 3.02. The first-order valence-electron chi connectivity index (χ1n) is 16.8. The number of hydrogen-bond donors (Lipinski definition) is 1. The fraction of sp³-hybridized carbons (Fsp3) is 0.622. The number of carbonyl (C=O) groups is 2. The maximum Gasteiger partial charge on any atom is 0.306 e. The molecule has 0 saturated carbocycles. The molecule has 2 atom stereocenters. The SMILES string of the molecule is CCCCCCCCCCCCC[C@H](CC)N(CCc1ccccc1)C(=O)[C@@H](N)CCCC(=O)OCc1ccccc1. The van der Waals surface area contributed by atoms with Crippen molar-refractivity contribution in [3.63, 3.8) is 0 Å². The highest BCUT2D eigenvalue weighted by atomic mass is 16.5. The molecule has 5 nitrogen and oxygen atoms in total. The lowest BCUT2D eigenvalue weighted by Crippen LogP contribution is -2.49. The van der Waals surface area contributed by atoms with E-state index in [0.29, 0.717) is 19.4 Å². The number of benzene rings is 2. The smallest absolute Gasteiger partial charge is 0.306 e. The molecule has 0 radical (unpaired) electrons. The molecule has 0 heterocycles. The van der Waals surface area contributed by atoms with Gasteiger partial charge in [-0.3, -0.25) is 9.59 Å². The third-order valence-electron chi connectivity index (χ3n) is 8.28. The van der Waals surface area contributed by atoms with E-state index in [0.717, 1.165) is 31.2 Å². The summed E-state index contributed by atoms with van der Waals surface area (Å²) in [5, 5.41) is 0. The Bertz CT molecular complexity index is 950. The predicted octanol–water partition coefficient (Wildman–Crippen LogP) is 8.78. The van der Waals surface area contributed by atoms with Crippen LogP contribution in [0.5, 0.6) is 0 Å². The Morgan fingerprint density at radius 2 is 1.26 bits per heavy atom. The van der Waals surface area contributed by atoms with E-state index in [1.54, 1.807) is 0 Å².